The number of hydrogen-bond acceptors (Lipinski definition) is 1. The SMILES string of the molecule is Cc1cccc(C2Nc3ccc(C)cc3C3C=CCC32)c1. The minimum atomic E-state index is 0.417. The number of allylic oxidation sites excluding steroid dienone is 2. The summed E-state index contributed by atoms with van der Waals surface area (Å²) in [5.74, 6) is 1.20. The first-order chi connectivity index (χ1) is 10.2. The zero-order valence-electron chi connectivity index (χ0n) is 12.6. The lowest BCUT2D eigenvalue weighted by Crippen LogP contribution is -2.29. The molecule has 2 aromatic carbocycles. The maximum absolute atomic E-state index is 3.80. The third kappa shape index (κ3) is 2.08. The fourth-order valence-electron chi connectivity index (χ4n) is 3.91. The van der Waals surface area contributed by atoms with Crippen LogP contribution in [0.15, 0.2) is 54.6 Å². The minimum absolute atomic E-state index is 0.417. The molecule has 1 nitrogen and oxygen atoms in total. The zero-order valence-corrected chi connectivity index (χ0v) is 12.6. The summed E-state index contributed by atoms with van der Waals surface area (Å²) in [6.07, 6.45) is 5.94. The van der Waals surface area contributed by atoms with Crippen LogP contribution in [0.25, 0.3) is 0 Å². The number of rotatable bonds is 1. The summed E-state index contributed by atoms with van der Waals surface area (Å²) < 4.78 is 0. The van der Waals surface area contributed by atoms with E-state index in [0.717, 1.165) is 0 Å². The first-order valence-electron chi connectivity index (χ1n) is 7.83. The summed E-state index contributed by atoms with van der Waals surface area (Å²) >= 11 is 0. The molecule has 0 saturated carbocycles. The molecule has 3 atom stereocenters. The maximum atomic E-state index is 3.80. The van der Waals surface area contributed by atoms with Crippen LogP contribution in [0.2, 0.25) is 0 Å². The Morgan fingerprint density at radius 3 is 2.71 bits per heavy atom. The predicted molar refractivity (Wildman–Crippen MR) is 88.7 cm³/mol. The van der Waals surface area contributed by atoms with Gasteiger partial charge in [-0.3, -0.25) is 0 Å². The van der Waals surface area contributed by atoms with Gasteiger partial charge in [-0.2, -0.15) is 0 Å². The third-order valence-corrected chi connectivity index (χ3v) is 4.92. The number of benzene rings is 2. The van der Waals surface area contributed by atoms with Crippen LogP contribution in [0.1, 0.15) is 40.6 Å². The maximum Gasteiger partial charge on any atom is 0.0554 e. The van der Waals surface area contributed by atoms with Crippen molar-refractivity contribution >= 4 is 5.69 Å². The van der Waals surface area contributed by atoms with E-state index in [9.17, 15) is 0 Å². The highest BCUT2D eigenvalue weighted by Gasteiger charge is 2.37. The lowest BCUT2D eigenvalue weighted by atomic mass is 9.76. The number of fused-ring (bicyclic) bond motifs is 3. The van der Waals surface area contributed by atoms with Gasteiger partial charge in [0.2, 0.25) is 0 Å². The van der Waals surface area contributed by atoms with E-state index in [1.165, 1.54) is 34.4 Å². The molecule has 106 valence electrons. The van der Waals surface area contributed by atoms with Gasteiger partial charge in [0, 0.05) is 11.6 Å². The van der Waals surface area contributed by atoms with E-state index in [2.05, 4.69) is 73.8 Å². The lowest BCUT2D eigenvalue weighted by Gasteiger charge is -2.37. The molecule has 1 aliphatic heterocycles. The fraction of sp³-hybridized carbons (Fsp3) is 0.300. The van der Waals surface area contributed by atoms with Gasteiger partial charge in [0.15, 0.2) is 0 Å². The molecule has 2 aliphatic rings. The van der Waals surface area contributed by atoms with Gasteiger partial charge in [-0.1, -0.05) is 59.7 Å². The van der Waals surface area contributed by atoms with Gasteiger partial charge in [0.1, 0.15) is 0 Å². The fourth-order valence-corrected chi connectivity index (χ4v) is 3.91. The van der Waals surface area contributed by atoms with Crippen LogP contribution in [0.4, 0.5) is 5.69 Å². The van der Waals surface area contributed by atoms with Crippen molar-refractivity contribution < 1.29 is 0 Å². The van der Waals surface area contributed by atoms with Gasteiger partial charge in [0.05, 0.1) is 6.04 Å². The van der Waals surface area contributed by atoms with Gasteiger partial charge in [-0.15, -0.1) is 0 Å². The molecule has 0 spiro atoms. The molecular weight excluding hydrogens is 254 g/mol. The first kappa shape index (κ1) is 12.7. The monoisotopic (exact) mass is 275 g/mol. The lowest BCUT2D eigenvalue weighted by molar-refractivity contribution is 0.425. The Hall–Kier alpha value is -2.02. The van der Waals surface area contributed by atoms with Gasteiger partial charge in [-0.25, -0.2) is 0 Å². The van der Waals surface area contributed by atoms with Crippen molar-refractivity contribution in [2.45, 2.75) is 32.2 Å². The van der Waals surface area contributed by atoms with Crippen molar-refractivity contribution in [3.63, 3.8) is 0 Å². The molecule has 0 fully saturated rings. The highest BCUT2D eigenvalue weighted by atomic mass is 15.0. The Morgan fingerprint density at radius 2 is 1.86 bits per heavy atom. The summed E-state index contributed by atoms with van der Waals surface area (Å²) in [4.78, 5) is 0. The van der Waals surface area contributed by atoms with Gasteiger partial charge >= 0.3 is 0 Å². The summed E-state index contributed by atoms with van der Waals surface area (Å²) in [5.41, 5.74) is 6.88. The van der Waals surface area contributed by atoms with Crippen LogP contribution in [0, 0.1) is 19.8 Å². The number of nitrogens with one attached hydrogen (secondary N) is 1. The molecule has 4 rings (SSSR count). The summed E-state index contributed by atoms with van der Waals surface area (Å²) in [5, 5.41) is 3.80. The molecule has 0 saturated heterocycles. The quantitative estimate of drug-likeness (QED) is 0.711. The predicted octanol–water partition coefficient (Wildman–Crippen LogP) is 5.13. The summed E-state index contributed by atoms with van der Waals surface area (Å²) in [6, 6.07) is 16.2. The molecule has 1 N–H and O–H groups in total. The van der Waals surface area contributed by atoms with E-state index in [4.69, 9.17) is 0 Å². The first-order valence-corrected chi connectivity index (χ1v) is 7.83. The average molecular weight is 275 g/mol. The Bertz CT molecular complexity index is 714. The highest BCUT2D eigenvalue weighted by Crippen LogP contribution is 2.49. The van der Waals surface area contributed by atoms with Gasteiger partial charge in [0.25, 0.3) is 0 Å². The van der Waals surface area contributed by atoms with Crippen molar-refractivity contribution in [2.24, 2.45) is 5.92 Å². The standard InChI is InChI=1S/C20H21N/c1-13-5-3-6-15(11-13)20-17-8-4-7-16(17)18-12-14(2)9-10-19(18)21-20/h3-7,9-12,16-17,20-21H,8H2,1-2H3. The van der Waals surface area contributed by atoms with Gasteiger partial charge < -0.3 is 5.32 Å². The summed E-state index contributed by atoms with van der Waals surface area (Å²) in [6.45, 7) is 4.36. The Kier molecular flexibility index (Phi) is 2.88. The molecule has 0 amide bonds. The second-order valence-corrected chi connectivity index (χ2v) is 6.48. The van der Waals surface area contributed by atoms with Crippen LogP contribution >= 0.6 is 0 Å². The van der Waals surface area contributed by atoms with Crippen molar-refractivity contribution in [3.8, 4) is 0 Å². The van der Waals surface area contributed by atoms with Crippen LogP contribution in [-0.4, -0.2) is 0 Å². The molecule has 21 heavy (non-hydrogen) atoms. The molecule has 1 aliphatic carbocycles. The zero-order chi connectivity index (χ0) is 14.4. The Balaban J connectivity index is 1.80. The van der Waals surface area contributed by atoms with E-state index in [1.807, 2.05) is 0 Å². The van der Waals surface area contributed by atoms with E-state index in [-0.39, 0.29) is 0 Å². The smallest absolute Gasteiger partial charge is 0.0554 e. The van der Waals surface area contributed by atoms with Crippen molar-refractivity contribution in [1.82, 2.24) is 0 Å². The topological polar surface area (TPSA) is 12.0 Å². The van der Waals surface area contributed by atoms with Crippen molar-refractivity contribution in [3.05, 3.63) is 76.9 Å². The van der Waals surface area contributed by atoms with Crippen molar-refractivity contribution in [1.29, 1.82) is 0 Å². The molecule has 0 aromatic heterocycles. The second-order valence-electron chi connectivity index (χ2n) is 6.48. The van der Waals surface area contributed by atoms with Crippen LogP contribution in [0.5, 0.6) is 0 Å². The van der Waals surface area contributed by atoms with E-state index in [1.54, 1.807) is 0 Å². The van der Waals surface area contributed by atoms with Crippen LogP contribution in [0.3, 0.4) is 0 Å². The van der Waals surface area contributed by atoms with Crippen LogP contribution in [-0.2, 0) is 0 Å². The molecule has 0 bridgehead atoms. The Labute approximate surface area is 126 Å². The molecular formula is C20H21N. The third-order valence-electron chi connectivity index (χ3n) is 4.92. The van der Waals surface area contributed by atoms with E-state index >= 15 is 0 Å². The van der Waals surface area contributed by atoms with Crippen molar-refractivity contribution in [2.75, 3.05) is 5.32 Å². The van der Waals surface area contributed by atoms with Crippen LogP contribution < -0.4 is 5.32 Å². The average Bonchev–Trinajstić information content (AvgIpc) is 2.96. The molecule has 3 unspecified atom stereocenters. The second kappa shape index (κ2) is 4.77. The van der Waals surface area contributed by atoms with E-state index < -0.39 is 0 Å². The molecule has 2 aromatic rings. The molecule has 1 heteroatoms. The molecule has 0 radical (unpaired) electrons. The number of anilines is 1. The normalized spacial score (nSPS) is 26.1. The number of aryl methyl sites for hydroxylation is 2. The highest BCUT2D eigenvalue weighted by molar-refractivity contribution is 5.60. The van der Waals surface area contributed by atoms with E-state index in [0.29, 0.717) is 17.9 Å². The largest absolute Gasteiger partial charge is 0.378 e. The Morgan fingerprint density at radius 1 is 1.00 bits per heavy atom. The number of hydrogen-bond donors (Lipinski definition) is 1. The minimum Gasteiger partial charge on any atom is -0.378 e. The molecule has 1 heterocycles. The van der Waals surface area contributed by atoms with Gasteiger partial charge in [-0.05, 0) is 43.4 Å². The summed E-state index contributed by atoms with van der Waals surface area (Å²) in [7, 11) is 0.